The predicted octanol–water partition coefficient (Wildman–Crippen LogP) is 9.24. The van der Waals surface area contributed by atoms with Crippen molar-refractivity contribution in [1.82, 2.24) is 24.5 Å². The molecule has 2 saturated heterocycles. The third kappa shape index (κ3) is 8.97. The molecule has 7 aliphatic rings. The van der Waals surface area contributed by atoms with Gasteiger partial charge in [-0.25, -0.2) is 18.1 Å². The summed E-state index contributed by atoms with van der Waals surface area (Å²) in [6.07, 6.45) is 17.9. The largest absolute Gasteiger partial charge is 0.455 e. The number of nitro benzene ring substituents is 1. The van der Waals surface area contributed by atoms with Crippen molar-refractivity contribution in [3.05, 3.63) is 87.7 Å². The van der Waals surface area contributed by atoms with E-state index < -0.39 is 25.7 Å². The van der Waals surface area contributed by atoms with E-state index in [2.05, 4.69) is 48.6 Å². The van der Waals surface area contributed by atoms with Crippen molar-refractivity contribution in [3.63, 3.8) is 0 Å². The van der Waals surface area contributed by atoms with E-state index in [4.69, 9.17) is 16.3 Å². The number of halogens is 1. The van der Waals surface area contributed by atoms with Gasteiger partial charge in [-0.1, -0.05) is 37.8 Å². The molecule has 1 amide bonds. The van der Waals surface area contributed by atoms with Gasteiger partial charge < -0.3 is 24.8 Å². The Morgan fingerprint density at radius 1 is 0.938 bits per heavy atom. The van der Waals surface area contributed by atoms with Crippen LogP contribution in [0, 0.1) is 26.4 Å². The van der Waals surface area contributed by atoms with E-state index in [0.29, 0.717) is 34.2 Å². The number of amides is 1. The molecule has 14 nitrogen and oxygen atoms in total. The molecule has 2 aromatic heterocycles. The molecular formula is C49H61ClN8O6S. The van der Waals surface area contributed by atoms with E-state index in [-0.39, 0.29) is 27.6 Å². The molecule has 2 aromatic carbocycles. The fourth-order valence-electron chi connectivity index (χ4n) is 12.0. The average molecular weight is 926 g/mol. The first-order chi connectivity index (χ1) is 31.1. The van der Waals surface area contributed by atoms with Gasteiger partial charge >= 0.3 is 0 Å². The first-order valence-electron chi connectivity index (χ1n) is 23.5. The number of pyridine rings is 1. The van der Waals surface area contributed by atoms with Gasteiger partial charge in [0.1, 0.15) is 22.8 Å². The van der Waals surface area contributed by atoms with Crippen LogP contribution in [0.15, 0.2) is 77.0 Å². The monoisotopic (exact) mass is 924 g/mol. The van der Waals surface area contributed by atoms with E-state index in [1.807, 2.05) is 12.1 Å². The number of likely N-dealkylation sites (tertiary alicyclic amines) is 1. The minimum Gasteiger partial charge on any atom is -0.455 e. The zero-order chi connectivity index (χ0) is 45.2. The van der Waals surface area contributed by atoms with Crippen molar-refractivity contribution in [2.75, 3.05) is 69.1 Å². The van der Waals surface area contributed by atoms with Crippen molar-refractivity contribution in [3.8, 4) is 11.5 Å². The van der Waals surface area contributed by atoms with Crippen LogP contribution in [-0.4, -0.2) is 103 Å². The molecule has 0 radical (unpaired) electrons. The number of nitrogens with one attached hydrogen (secondary N) is 3. The number of hydrogen-bond acceptors (Lipinski definition) is 11. The van der Waals surface area contributed by atoms with Crippen LogP contribution >= 0.6 is 11.6 Å². The summed E-state index contributed by atoms with van der Waals surface area (Å²) in [5.74, 6) is -0.403. The van der Waals surface area contributed by atoms with Gasteiger partial charge in [0.05, 0.1) is 21.6 Å². The quantitative estimate of drug-likeness (QED) is 0.0478. The number of nitrogens with zero attached hydrogens (tertiary/aromatic N) is 5. The van der Waals surface area contributed by atoms with Crippen molar-refractivity contribution in [2.24, 2.45) is 16.2 Å². The topological polar surface area (TPSA) is 166 Å². The molecule has 65 heavy (non-hydrogen) atoms. The SMILES string of the molecule is CC1(C)CCC(CN2CCN(c3ccc(C(=O)NS(=O)(=O)c4ccc(NCCN5CCC6(CCCC6)CC5)c([N+](=O)[O-])c4)c(Oc4cnc5[nH]ccc5c4)c3)CC2)=C(C23CC(Cl)(C2)C3)C1. The van der Waals surface area contributed by atoms with Gasteiger partial charge in [0.25, 0.3) is 21.6 Å². The highest BCUT2D eigenvalue weighted by Crippen LogP contribution is 2.75. The number of ether oxygens (including phenoxy) is 1. The summed E-state index contributed by atoms with van der Waals surface area (Å²) in [5, 5.41) is 16.2. The maximum Gasteiger partial charge on any atom is 0.293 e. The minimum absolute atomic E-state index is 0.0125. The van der Waals surface area contributed by atoms with E-state index in [9.17, 15) is 23.3 Å². The van der Waals surface area contributed by atoms with Gasteiger partial charge in [0.2, 0.25) is 0 Å². The number of aromatic nitrogens is 2. The van der Waals surface area contributed by atoms with Crippen LogP contribution in [0.3, 0.4) is 0 Å². The number of piperazine rings is 1. The standard InChI is InChI=1S/C49H61ClN8O6S/c1-46(2)13-9-35(40(28-46)48-31-49(50,32-48)33-48)30-56-21-23-57(24-22-56)36-5-7-39(43(26-36)64-37-25-34-10-16-52-44(34)53-29-37)45(59)54-65(62,63)38-6-8-41(42(27-38)58(60)61)51-17-20-55-18-14-47(15-19-55)11-3-4-12-47/h5-8,10,16,25-27,29,51H,3-4,9,11-15,17-24,28,30-33H2,1-2H3,(H,52,53)(H,54,59). The number of rotatable bonds is 14. The van der Waals surface area contributed by atoms with Crippen molar-refractivity contribution >= 4 is 55.6 Å². The lowest BCUT2D eigenvalue weighted by molar-refractivity contribution is -0.384. The number of fused-ring (bicyclic) bond motifs is 1. The van der Waals surface area contributed by atoms with Gasteiger partial charge in [-0.15, -0.1) is 11.6 Å². The third-order valence-electron chi connectivity index (χ3n) is 15.8. The zero-order valence-corrected chi connectivity index (χ0v) is 39.2. The van der Waals surface area contributed by atoms with Crippen LogP contribution in [0.4, 0.5) is 17.1 Å². The lowest BCUT2D eigenvalue weighted by atomic mass is 9.39. The van der Waals surface area contributed by atoms with Gasteiger partial charge in [-0.05, 0) is 130 Å². The summed E-state index contributed by atoms with van der Waals surface area (Å²) in [7, 11) is -4.55. The maximum absolute atomic E-state index is 14.0. The summed E-state index contributed by atoms with van der Waals surface area (Å²) in [6, 6.07) is 12.5. The number of sulfonamides is 1. The molecule has 6 fully saturated rings. The molecule has 2 bridgehead atoms. The molecule has 16 heteroatoms. The number of alkyl halides is 1. The lowest BCUT2D eigenvalue weighted by Gasteiger charge is -2.70. The lowest BCUT2D eigenvalue weighted by Crippen LogP contribution is -2.65. The maximum atomic E-state index is 14.0. The van der Waals surface area contributed by atoms with Crippen LogP contribution in [0.2, 0.25) is 0 Å². The van der Waals surface area contributed by atoms with Crippen LogP contribution < -0.4 is 19.7 Å². The highest BCUT2D eigenvalue weighted by Gasteiger charge is 2.69. The fraction of sp³-hybridized carbons (Fsp3) is 0.551. The summed E-state index contributed by atoms with van der Waals surface area (Å²) >= 11 is 6.76. The Labute approximate surface area is 386 Å². The average Bonchev–Trinajstić information content (AvgIpc) is 3.93. The number of anilines is 2. The van der Waals surface area contributed by atoms with Crippen LogP contribution in [0.1, 0.15) is 101 Å². The molecule has 4 saturated carbocycles. The number of carbonyl (C=O) groups excluding carboxylic acids is 1. The van der Waals surface area contributed by atoms with Crippen LogP contribution in [-0.2, 0) is 10.0 Å². The molecule has 3 N–H and O–H groups in total. The number of allylic oxidation sites excluding steroid dienone is 1. The molecule has 0 unspecified atom stereocenters. The molecule has 2 aliphatic heterocycles. The normalized spacial score (nSPS) is 25.3. The van der Waals surface area contributed by atoms with Gasteiger partial charge in [-0.2, -0.15) is 0 Å². The van der Waals surface area contributed by atoms with Gasteiger partial charge in [0.15, 0.2) is 0 Å². The second-order valence-corrected chi connectivity index (χ2v) is 23.3. The van der Waals surface area contributed by atoms with E-state index in [1.165, 1.54) is 57.1 Å². The number of piperidine rings is 1. The Bertz CT molecular complexity index is 2620. The molecule has 4 aromatic rings. The molecule has 1 spiro atoms. The minimum atomic E-state index is -4.55. The zero-order valence-electron chi connectivity index (χ0n) is 37.6. The molecule has 4 heterocycles. The summed E-state index contributed by atoms with van der Waals surface area (Å²) in [4.78, 5) is 40.0. The highest BCUT2D eigenvalue weighted by molar-refractivity contribution is 7.90. The van der Waals surface area contributed by atoms with Crippen molar-refractivity contribution in [2.45, 2.75) is 101 Å². The molecule has 5 aliphatic carbocycles. The Hall–Kier alpha value is -4.70. The number of aromatic amines is 1. The summed E-state index contributed by atoms with van der Waals surface area (Å²) < 4.78 is 36.1. The predicted molar refractivity (Wildman–Crippen MR) is 254 cm³/mol. The van der Waals surface area contributed by atoms with Crippen molar-refractivity contribution in [1.29, 1.82) is 0 Å². The molecular weight excluding hydrogens is 864 g/mol. The van der Waals surface area contributed by atoms with E-state index in [1.54, 1.807) is 41.7 Å². The fourth-order valence-corrected chi connectivity index (χ4v) is 13.8. The Morgan fingerprint density at radius 3 is 2.42 bits per heavy atom. The first kappa shape index (κ1) is 44.2. The number of nitro groups is 1. The van der Waals surface area contributed by atoms with E-state index in [0.717, 1.165) is 102 Å². The van der Waals surface area contributed by atoms with Gasteiger partial charge in [0, 0.05) is 80.1 Å². The number of benzene rings is 2. The Balaban J connectivity index is 0.826. The molecule has 0 atom stereocenters. The van der Waals surface area contributed by atoms with E-state index >= 15 is 0 Å². The highest BCUT2D eigenvalue weighted by atomic mass is 35.5. The molecule has 11 rings (SSSR count). The smallest absolute Gasteiger partial charge is 0.293 e. The Morgan fingerprint density at radius 2 is 1.69 bits per heavy atom. The van der Waals surface area contributed by atoms with Gasteiger partial charge in [-0.3, -0.25) is 19.8 Å². The van der Waals surface area contributed by atoms with Crippen molar-refractivity contribution < 1.29 is 22.9 Å². The first-order valence-corrected chi connectivity index (χ1v) is 25.4. The number of carbonyl (C=O) groups is 1. The third-order valence-corrected chi connectivity index (χ3v) is 17.5. The molecule has 346 valence electrons. The second kappa shape index (κ2) is 16.9. The summed E-state index contributed by atoms with van der Waals surface area (Å²) in [6.45, 7) is 12.3. The second-order valence-electron chi connectivity index (χ2n) is 20.9. The van der Waals surface area contributed by atoms with Crippen LogP contribution in [0.5, 0.6) is 11.5 Å². The number of hydrogen-bond donors (Lipinski definition) is 3. The Kier molecular flexibility index (Phi) is 11.5. The summed E-state index contributed by atoms with van der Waals surface area (Å²) in [5.41, 5.74) is 5.79. The van der Waals surface area contributed by atoms with Crippen LogP contribution in [0.25, 0.3) is 11.0 Å². The number of H-pyrrole nitrogens is 1.